The largest absolute Gasteiger partial charge is 0.330 e. The fourth-order valence-corrected chi connectivity index (χ4v) is 1.93. The van der Waals surface area contributed by atoms with Crippen LogP contribution in [0.15, 0.2) is 30.6 Å². The van der Waals surface area contributed by atoms with Crippen molar-refractivity contribution in [3.63, 3.8) is 0 Å². The molecule has 0 saturated carbocycles. The first kappa shape index (κ1) is 14.6. The van der Waals surface area contributed by atoms with Crippen LogP contribution in [0.3, 0.4) is 0 Å². The highest BCUT2D eigenvalue weighted by Crippen LogP contribution is 2.25. The number of nitro groups is 2. The van der Waals surface area contributed by atoms with Crippen molar-refractivity contribution in [2.24, 2.45) is 5.73 Å². The summed E-state index contributed by atoms with van der Waals surface area (Å²) in [4.78, 5) is 20.4. The molecule has 0 aliphatic rings. The molecule has 1 aromatic carbocycles. The van der Waals surface area contributed by atoms with Gasteiger partial charge in [0.15, 0.2) is 0 Å². The molecule has 0 spiro atoms. The first-order valence-electron chi connectivity index (χ1n) is 6.14. The molecular formula is C12H13N5O4. The summed E-state index contributed by atoms with van der Waals surface area (Å²) < 4.78 is 1.54. The zero-order valence-electron chi connectivity index (χ0n) is 11.0. The van der Waals surface area contributed by atoms with Crippen LogP contribution in [0.4, 0.5) is 11.4 Å². The topological polar surface area (TPSA) is 130 Å². The molecule has 110 valence electrons. The monoisotopic (exact) mass is 291 g/mol. The second kappa shape index (κ2) is 6.09. The zero-order chi connectivity index (χ0) is 15.4. The fraction of sp³-hybridized carbons (Fsp3) is 0.250. The maximum Gasteiger partial charge on any atom is 0.281 e. The van der Waals surface area contributed by atoms with E-state index in [-0.39, 0.29) is 17.9 Å². The van der Waals surface area contributed by atoms with Gasteiger partial charge in [-0.1, -0.05) is 0 Å². The van der Waals surface area contributed by atoms with E-state index in [1.54, 1.807) is 17.1 Å². The molecule has 0 atom stereocenters. The van der Waals surface area contributed by atoms with E-state index in [1.807, 2.05) is 0 Å². The van der Waals surface area contributed by atoms with E-state index < -0.39 is 9.85 Å². The Morgan fingerprint density at radius 2 is 2.00 bits per heavy atom. The molecule has 0 fully saturated rings. The second-order valence-corrected chi connectivity index (χ2v) is 4.41. The molecular weight excluding hydrogens is 278 g/mol. The van der Waals surface area contributed by atoms with Gasteiger partial charge in [-0.15, -0.1) is 0 Å². The summed E-state index contributed by atoms with van der Waals surface area (Å²) in [7, 11) is 0. The summed E-state index contributed by atoms with van der Waals surface area (Å²) >= 11 is 0. The van der Waals surface area contributed by atoms with Gasteiger partial charge in [-0.3, -0.25) is 24.9 Å². The van der Waals surface area contributed by atoms with Gasteiger partial charge >= 0.3 is 0 Å². The van der Waals surface area contributed by atoms with Crippen LogP contribution >= 0.6 is 0 Å². The summed E-state index contributed by atoms with van der Waals surface area (Å²) in [5, 5.41) is 25.8. The number of nitrogens with zero attached hydrogens (tertiary/aromatic N) is 4. The van der Waals surface area contributed by atoms with Crippen LogP contribution in [0.5, 0.6) is 0 Å². The Labute approximate surface area is 119 Å². The Hall–Kier alpha value is -2.81. The first-order valence-corrected chi connectivity index (χ1v) is 6.14. The second-order valence-electron chi connectivity index (χ2n) is 4.41. The lowest BCUT2D eigenvalue weighted by Gasteiger charge is -2.03. The van der Waals surface area contributed by atoms with Gasteiger partial charge in [0.1, 0.15) is 0 Å². The number of nitro benzene ring substituents is 2. The van der Waals surface area contributed by atoms with Crippen molar-refractivity contribution in [2.75, 3.05) is 6.54 Å². The molecule has 0 aliphatic heterocycles. The normalized spacial score (nSPS) is 10.5. The first-order chi connectivity index (χ1) is 10.0. The lowest BCUT2D eigenvalue weighted by atomic mass is 10.1. The van der Waals surface area contributed by atoms with E-state index in [4.69, 9.17) is 5.73 Å². The molecule has 1 aromatic heterocycles. The molecule has 9 heteroatoms. The summed E-state index contributed by atoms with van der Waals surface area (Å²) in [6.45, 7) is 0.655. The van der Waals surface area contributed by atoms with Crippen molar-refractivity contribution >= 4 is 11.4 Å². The Morgan fingerprint density at radius 3 is 2.62 bits per heavy atom. The van der Waals surface area contributed by atoms with Gasteiger partial charge < -0.3 is 5.73 Å². The number of benzene rings is 1. The van der Waals surface area contributed by atoms with Crippen molar-refractivity contribution in [1.82, 2.24) is 9.78 Å². The van der Waals surface area contributed by atoms with Crippen LogP contribution in [-0.4, -0.2) is 26.2 Å². The van der Waals surface area contributed by atoms with Crippen LogP contribution < -0.4 is 5.73 Å². The number of non-ortho nitro benzene ring substituents is 1. The molecule has 21 heavy (non-hydrogen) atoms. The van der Waals surface area contributed by atoms with Crippen molar-refractivity contribution in [1.29, 1.82) is 0 Å². The summed E-state index contributed by atoms with van der Waals surface area (Å²) in [6.07, 6.45) is 4.06. The molecule has 0 saturated heterocycles. The zero-order valence-corrected chi connectivity index (χ0v) is 11.0. The highest BCUT2D eigenvalue weighted by Gasteiger charge is 2.19. The Balaban J connectivity index is 2.29. The third-order valence-corrected chi connectivity index (χ3v) is 2.93. The Bertz CT molecular complexity index is 682. The molecule has 0 aliphatic carbocycles. The molecule has 0 amide bonds. The van der Waals surface area contributed by atoms with Crippen LogP contribution in [0.2, 0.25) is 0 Å². The van der Waals surface area contributed by atoms with E-state index >= 15 is 0 Å². The molecule has 2 rings (SSSR count). The van der Waals surface area contributed by atoms with Gasteiger partial charge in [-0.2, -0.15) is 5.10 Å². The molecule has 1 heterocycles. The van der Waals surface area contributed by atoms with E-state index in [1.165, 1.54) is 12.1 Å². The van der Waals surface area contributed by atoms with E-state index in [2.05, 4.69) is 5.10 Å². The number of aromatic nitrogens is 2. The van der Waals surface area contributed by atoms with Crippen LogP contribution in [-0.2, 0) is 13.0 Å². The third-order valence-electron chi connectivity index (χ3n) is 2.93. The summed E-state index contributed by atoms with van der Waals surface area (Å²) in [6, 6.07) is 3.58. The van der Waals surface area contributed by atoms with Crippen LogP contribution in [0.25, 0.3) is 0 Å². The van der Waals surface area contributed by atoms with Gasteiger partial charge in [-0.05, 0) is 24.6 Å². The van der Waals surface area contributed by atoms with Gasteiger partial charge in [0.05, 0.1) is 34.2 Å². The highest BCUT2D eigenvalue weighted by atomic mass is 16.6. The Kier molecular flexibility index (Phi) is 4.24. The Morgan fingerprint density at radius 1 is 1.24 bits per heavy atom. The molecule has 2 N–H and O–H groups in total. The minimum atomic E-state index is -0.663. The fourth-order valence-electron chi connectivity index (χ4n) is 1.93. The SMILES string of the molecule is NCCc1cnn(Cc2ccc([N+](=O)[O-])cc2[N+](=O)[O-])c1. The predicted molar refractivity (Wildman–Crippen MR) is 73.8 cm³/mol. The molecule has 0 bridgehead atoms. The number of hydrogen-bond acceptors (Lipinski definition) is 6. The van der Waals surface area contributed by atoms with E-state index in [9.17, 15) is 20.2 Å². The van der Waals surface area contributed by atoms with Crippen LogP contribution in [0.1, 0.15) is 11.1 Å². The average molecular weight is 291 g/mol. The number of nitrogens with two attached hydrogens (primary N) is 1. The maximum absolute atomic E-state index is 11.0. The predicted octanol–water partition coefficient (Wildman–Crippen LogP) is 1.25. The van der Waals surface area contributed by atoms with Gasteiger partial charge in [0.2, 0.25) is 0 Å². The van der Waals surface area contributed by atoms with Crippen molar-refractivity contribution in [2.45, 2.75) is 13.0 Å². The lowest BCUT2D eigenvalue weighted by molar-refractivity contribution is -0.394. The quantitative estimate of drug-likeness (QED) is 0.629. The van der Waals surface area contributed by atoms with E-state index in [0.29, 0.717) is 18.5 Å². The van der Waals surface area contributed by atoms with Gasteiger partial charge in [0.25, 0.3) is 11.4 Å². The maximum atomic E-state index is 11.0. The molecule has 2 aromatic rings. The standard InChI is InChI=1S/C12H13N5O4/c13-4-3-9-6-14-15(7-9)8-10-1-2-11(16(18)19)5-12(10)17(20)21/h1-2,5-7H,3-4,8,13H2. The highest BCUT2D eigenvalue weighted by molar-refractivity contribution is 5.49. The van der Waals surface area contributed by atoms with Crippen LogP contribution in [0, 0.1) is 20.2 Å². The van der Waals surface area contributed by atoms with Crippen molar-refractivity contribution in [3.8, 4) is 0 Å². The third kappa shape index (κ3) is 3.39. The minimum Gasteiger partial charge on any atom is -0.330 e. The minimum absolute atomic E-state index is 0.166. The van der Waals surface area contributed by atoms with Crippen molar-refractivity contribution < 1.29 is 9.85 Å². The van der Waals surface area contributed by atoms with Crippen molar-refractivity contribution in [3.05, 3.63) is 61.9 Å². The van der Waals surface area contributed by atoms with Gasteiger partial charge in [-0.25, -0.2) is 0 Å². The number of rotatable bonds is 6. The number of hydrogen-bond donors (Lipinski definition) is 1. The van der Waals surface area contributed by atoms with E-state index in [0.717, 1.165) is 11.6 Å². The molecule has 0 unspecified atom stereocenters. The summed E-state index contributed by atoms with van der Waals surface area (Å²) in [5.74, 6) is 0. The smallest absolute Gasteiger partial charge is 0.281 e. The molecule has 9 nitrogen and oxygen atoms in total. The summed E-state index contributed by atoms with van der Waals surface area (Å²) in [5.41, 5.74) is 6.13. The average Bonchev–Trinajstić information content (AvgIpc) is 2.86. The lowest BCUT2D eigenvalue weighted by Crippen LogP contribution is -2.05. The van der Waals surface area contributed by atoms with Gasteiger partial charge in [0, 0.05) is 12.3 Å². The molecule has 0 radical (unpaired) electrons.